The van der Waals surface area contributed by atoms with Crippen LogP contribution in [0.1, 0.15) is 31.2 Å². The van der Waals surface area contributed by atoms with Gasteiger partial charge in [-0.1, -0.05) is 6.07 Å². The molecule has 0 aliphatic carbocycles. The van der Waals surface area contributed by atoms with Crippen LogP contribution in [-0.2, 0) is 6.54 Å². The largest absolute Gasteiger partial charge is 0.314 e. The molecule has 0 aromatic heterocycles. The fourth-order valence-electron chi connectivity index (χ4n) is 3.57. The number of likely N-dealkylation sites (tertiary alicyclic amines) is 1. The molecule has 0 saturated carbocycles. The molecule has 2 fully saturated rings. The molecule has 1 N–H and O–H groups in total. The van der Waals surface area contributed by atoms with E-state index in [4.69, 9.17) is 0 Å². The van der Waals surface area contributed by atoms with E-state index >= 15 is 0 Å². The molecule has 110 valence electrons. The quantitative estimate of drug-likeness (QED) is 0.817. The van der Waals surface area contributed by atoms with Crippen molar-refractivity contribution in [1.82, 2.24) is 10.2 Å². The van der Waals surface area contributed by atoms with Crippen molar-refractivity contribution in [2.24, 2.45) is 5.92 Å². The molecule has 2 heterocycles. The van der Waals surface area contributed by atoms with E-state index < -0.39 is 0 Å². The van der Waals surface area contributed by atoms with Crippen LogP contribution in [0.25, 0.3) is 0 Å². The summed E-state index contributed by atoms with van der Waals surface area (Å²) >= 11 is 7.14. The molecule has 0 radical (unpaired) electrons. The van der Waals surface area contributed by atoms with Gasteiger partial charge < -0.3 is 5.32 Å². The summed E-state index contributed by atoms with van der Waals surface area (Å²) < 4.78 is 2.29. The summed E-state index contributed by atoms with van der Waals surface area (Å²) in [4.78, 5) is 2.63. The molecule has 0 bridgehead atoms. The molecule has 0 amide bonds. The first kappa shape index (κ1) is 15.0. The van der Waals surface area contributed by atoms with Gasteiger partial charge in [-0.05, 0) is 94.2 Å². The van der Waals surface area contributed by atoms with Gasteiger partial charge in [0.25, 0.3) is 0 Å². The van der Waals surface area contributed by atoms with Crippen molar-refractivity contribution in [3.63, 3.8) is 0 Å². The maximum atomic E-state index is 3.69. The molecule has 2 saturated heterocycles. The second kappa shape index (κ2) is 6.91. The van der Waals surface area contributed by atoms with Crippen LogP contribution in [0.2, 0.25) is 0 Å². The predicted octanol–water partition coefficient (Wildman–Crippen LogP) is 4.18. The van der Waals surface area contributed by atoms with Gasteiger partial charge in [0, 0.05) is 28.1 Å². The zero-order valence-electron chi connectivity index (χ0n) is 11.7. The van der Waals surface area contributed by atoms with E-state index in [-0.39, 0.29) is 0 Å². The van der Waals surface area contributed by atoms with Crippen LogP contribution in [0, 0.1) is 5.92 Å². The third kappa shape index (κ3) is 3.65. The number of hydrogen-bond acceptors (Lipinski definition) is 2. The van der Waals surface area contributed by atoms with Crippen molar-refractivity contribution in [3.05, 3.63) is 32.7 Å². The van der Waals surface area contributed by atoms with Gasteiger partial charge in [0.05, 0.1) is 0 Å². The Morgan fingerprint density at radius 2 is 2.05 bits per heavy atom. The van der Waals surface area contributed by atoms with E-state index in [1.807, 2.05) is 0 Å². The molecule has 2 aliphatic rings. The van der Waals surface area contributed by atoms with Crippen molar-refractivity contribution >= 4 is 31.9 Å². The van der Waals surface area contributed by atoms with Crippen LogP contribution >= 0.6 is 31.9 Å². The Hall–Kier alpha value is 0.1000. The minimum absolute atomic E-state index is 0.773. The van der Waals surface area contributed by atoms with E-state index in [0.717, 1.165) is 27.4 Å². The number of nitrogens with zero attached hydrogens (tertiary/aromatic N) is 1. The van der Waals surface area contributed by atoms with Gasteiger partial charge in [0.15, 0.2) is 0 Å². The molecule has 2 atom stereocenters. The fraction of sp³-hybridized carbons (Fsp3) is 0.625. The first-order valence-electron chi connectivity index (χ1n) is 7.62. The Morgan fingerprint density at radius 1 is 1.15 bits per heavy atom. The Balaban J connectivity index is 1.60. The van der Waals surface area contributed by atoms with E-state index in [1.165, 1.54) is 50.9 Å². The Labute approximate surface area is 138 Å². The lowest BCUT2D eigenvalue weighted by Crippen LogP contribution is -2.43. The maximum Gasteiger partial charge on any atom is 0.0320 e. The summed E-state index contributed by atoms with van der Waals surface area (Å²) in [5, 5.41) is 3.69. The minimum Gasteiger partial charge on any atom is -0.314 e. The monoisotopic (exact) mass is 400 g/mol. The van der Waals surface area contributed by atoms with Crippen molar-refractivity contribution in [2.45, 2.75) is 38.3 Å². The van der Waals surface area contributed by atoms with Crippen molar-refractivity contribution in [3.8, 4) is 0 Å². The standard InChI is InChI=1S/C16H22Br2N2/c17-14-6-5-12(9-15(14)18)10-20-8-2-3-13(11-20)16-4-1-7-19-16/h5-6,9,13,16,19H,1-4,7-8,10-11H2. The summed E-state index contributed by atoms with van der Waals surface area (Å²) in [7, 11) is 0. The number of rotatable bonds is 3. The second-order valence-corrected chi connectivity index (χ2v) is 7.80. The van der Waals surface area contributed by atoms with Crippen LogP contribution in [0.15, 0.2) is 27.1 Å². The fourth-order valence-corrected chi connectivity index (χ4v) is 4.25. The molecule has 4 heteroatoms. The molecule has 20 heavy (non-hydrogen) atoms. The Kier molecular flexibility index (Phi) is 5.18. The number of benzene rings is 1. The summed E-state index contributed by atoms with van der Waals surface area (Å²) in [6.45, 7) is 4.80. The van der Waals surface area contributed by atoms with Gasteiger partial charge in [-0.15, -0.1) is 0 Å². The summed E-state index contributed by atoms with van der Waals surface area (Å²) in [6, 6.07) is 7.38. The summed E-state index contributed by atoms with van der Waals surface area (Å²) in [5.74, 6) is 0.852. The number of piperidine rings is 1. The van der Waals surface area contributed by atoms with Gasteiger partial charge in [0.2, 0.25) is 0 Å². The lowest BCUT2D eigenvalue weighted by molar-refractivity contribution is 0.145. The van der Waals surface area contributed by atoms with Crippen molar-refractivity contribution in [1.29, 1.82) is 0 Å². The summed E-state index contributed by atoms with van der Waals surface area (Å²) in [6.07, 6.45) is 5.49. The predicted molar refractivity (Wildman–Crippen MR) is 90.9 cm³/mol. The highest BCUT2D eigenvalue weighted by molar-refractivity contribution is 9.13. The van der Waals surface area contributed by atoms with Crippen molar-refractivity contribution in [2.75, 3.05) is 19.6 Å². The van der Waals surface area contributed by atoms with Gasteiger partial charge in [0.1, 0.15) is 0 Å². The lowest BCUT2D eigenvalue weighted by Gasteiger charge is -2.35. The van der Waals surface area contributed by atoms with Crippen LogP contribution < -0.4 is 5.32 Å². The lowest BCUT2D eigenvalue weighted by atomic mass is 9.89. The zero-order valence-corrected chi connectivity index (χ0v) is 14.9. The van der Waals surface area contributed by atoms with E-state index in [9.17, 15) is 0 Å². The number of nitrogens with one attached hydrogen (secondary N) is 1. The zero-order chi connectivity index (χ0) is 13.9. The van der Waals surface area contributed by atoms with Gasteiger partial charge in [-0.3, -0.25) is 4.90 Å². The minimum atomic E-state index is 0.773. The van der Waals surface area contributed by atoms with Crippen LogP contribution in [-0.4, -0.2) is 30.6 Å². The maximum absolute atomic E-state index is 3.69. The van der Waals surface area contributed by atoms with Crippen LogP contribution in [0.4, 0.5) is 0 Å². The third-order valence-corrected chi connectivity index (χ3v) is 6.48. The smallest absolute Gasteiger partial charge is 0.0320 e. The second-order valence-electron chi connectivity index (χ2n) is 6.09. The van der Waals surface area contributed by atoms with Crippen LogP contribution in [0.3, 0.4) is 0 Å². The highest BCUT2D eigenvalue weighted by Crippen LogP contribution is 2.27. The molecule has 1 aromatic carbocycles. The highest BCUT2D eigenvalue weighted by atomic mass is 79.9. The molecular weight excluding hydrogens is 380 g/mol. The Morgan fingerprint density at radius 3 is 2.80 bits per heavy atom. The average Bonchev–Trinajstić information content (AvgIpc) is 2.97. The number of hydrogen-bond donors (Lipinski definition) is 1. The molecule has 1 aromatic rings. The summed E-state index contributed by atoms with van der Waals surface area (Å²) in [5.41, 5.74) is 1.40. The topological polar surface area (TPSA) is 15.3 Å². The first-order chi connectivity index (χ1) is 9.72. The van der Waals surface area contributed by atoms with Gasteiger partial charge in [-0.25, -0.2) is 0 Å². The van der Waals surface area contributed by atoms with E-state index in [0.29, 0.717) is 0 Å². The van der Waals surface area contributed by atoms with Crippen molar-refractivity contribution < 1.29 is 0 Å². The number of halogens is 2. The molecule has 0 spiro atoms. The first-order valence-corrected chi connectivity index (χ1v) is 9.20. The molecular formula is C16H22Br2N2. The average molecular weight is 402 g/mol. The SMILES string of the molecule is Brc1ccc(CN2CCCC(C3CCCN3)C2)cc1Br. The molecule has 2 aliphatic heterocycles. The van der Waals surface area contributed by atoms with Crippen LogP contribution in [0.5, 0.6) is 0 Å². The molecule has 2 unspecified atom stereocenters. The molecule has 3 rings (SSSR count). The van der Waals surface area contributed by atoms with Gasteiger partial charge in [-0.2, -0.15) is 0 Å². The van der Waals surface area contributed by atoms with E-state index in [2.05, 4.69) is 60.3 Å². The normalized spacial score (nSPS) is 27.9. The third-order valence-electron chi connectivity index (χ3n) is 4.60. The highest BCUT2D eigenvalue weighted by Gasteiger charge is 2.28. The van der Waals surface area contributed by atoms with E-state index in [1.54, 1.807) is 0 Å². The molecule has 2 nitrogen and oxygen atoms in total. The van der Waals surface area contributed by atoms with Gasteiger partial charge >= 0.3 is 0 Å². The Bertz CT molecular complexity index is 458.